The van der Waals surface area contributed by atoms with E-state index < -0.39 is 0 Å². The van der Waals surface area contributed by atoms with Gasteiger partial charge in [-0.1, -0.05) is 23.2 Å². The SMILES string of the molecule is CSc1ccc(Cl)c(C(=O)Nc2ccc(OCCN(C)C)c(Cl)c2)c1. The molecule has 25 heavy (non-hydrogen) atoms. The van der Waals surface area contributed by atoms with Crippen LogP contribution in [0.1, 0.15) is 10.4 Å². The zero-order chi connectivity index (χ0) is 18.4. The molecule has 0 aliphatic heterocycles. The van der Waals surface area contributed by atoms with Crippen LogP contribution in [0.25, 0.3) is 0 Å². The highest BCUT2D eigenvalue weighted by Crippen LogP contribution is 2.29. The lowest BCUT2D eigenvalue weighted by Crippen LogP contribution is -2.19. The second-order valence-corrected chi connectivity index (χ2v) is 7.29. The molecule has 7 heteroatoms. The highest BCUT2D eigenvalue weighted by Gasteiger charge is 2.13. The fourth-order valence-electron chi connectivity index (χ4n) is 2.04. The number of anilines is 1. The Kier molecular flexibility index (Phi) is 7.44. The summed E-state index contributed by atoms with van der Waals surface area (Å²) in [6, 6.07) is 10.5. The molecule has 0 aliphatic carbocycles. The Morgan fingerprint density at radius 2 is 1.92 bits per heavy atom. The van der Waals surface area contributed by atoms with Crippen molar-refractivity contribution in [3.05, 3.63) is 52.0 Å². The first-order valence-corrected chi connectivity index (χ1v) is 9.60. The van der Waals surface area contributed by atoms with E-state index in [-0.39, 0.29) is 5.91 Å². The summed E-state index contributed by atoms with van der Waals surface area (Å²) >= 11 is 13.9. The Bertz CT molecular complexity index is 754. The van der Waals surface area contributed by atoms with Crippen molar-refractivity contribution in [1.82, 2.24) is 4.90 Å². The van der Waals surface area contributed by atoms with Crippen LogP contribution in [0, 0.1) is 0 Å². The second-order valence-electron chi connectivity index (χ2n) is 5.60. The van der Waals surface area contributed by atoms with Gasteiger partial charge in [-0.2, -0.15) is 0 Å². The number of hydrogen-bond donors (Lipinski definition) is 1. The third-order valence-corrected chi connectivity index (χ3v) is 4.75. The van der Waals surface area contributed by atoms with Gasteiger partial charge in [-0.15, -0.1) is 11.8 Å². The Morgan fingerprint density at radius 1 is 1.16 bits per heavy atom. The topological polar surface area (TPSA) is 41.6 Å². The molecular formula is C18H20Cl2N2O2S. The largest absolute Gasteiger partial charge is 0.491 e. The smallest absolute Gasteiger partial charge is 0.257 e. The number of ether oxygens (including phenoxy) is 1. The molecule has 0 fully saturated rings. The lowest BCUT2D eigenvalue weighted by atomic mass is 10.2. The fourth-order valence-corrected chi connectivity index (χ4v) is 2.92. The first-order chi connectivity index (χ1) is 11.9. The summed E-state index contributed by atoms with van der Waals surface area (Å²) < 4.78 is 5.63. The van der Waals surface area contributed by atoms with Crippen molar-refractivity contribution in [1.29, 1.82) is 0 Å². The number of halogens is 2. The normalized spacial score (nSPS) is 10.8. The molecule has 0 aliphatic rings. The standard InChI is InChI=1S/C18H20Cl2N2O2S/c1-22(2)8-9-24-17-7-4-12(10-16(17)20)21-18(23)14-11-13(25-3)5-6-15(14)19/h4-7,10-11H,8-9H2,1-3H3,(H,21,23). The van der Waals surface area contributed by atoms with Crippen molar-refractivity contribution in [3.8, 4) is 5.75 Å². The van der Waals surface area contributed by atoms with Gasteiger partial charge in [0.1, 0.15) is 12.4 Å². The molecule has 0 atom stereocenters. The lowest BCUT2D eigenvalue weighted by molar-refractivity contribution is 0.102. The van der Waals surface area contributed by atoms with Crippen molar-refractivity contribution < 1.29 is 9.53 Å². The number of carbonyl (C=O) groups is 1. The number of amides is 1. The number of benzene rings is 2. The van der Waals surface area contributed by atoms with Gasteiger partial charge in [-0.05, 0) is 56.7 Å². The summed E-state index contributed by atoms with van der Waals surface area (Å²) in [5, 5.41) is 3.66. The molecule has 2 aromatic carbocycles. The second kappa shape index (κ2) is 9.34. The van der Waals surface area contributed by atoms with Crippen LogP contribution in [0.3, 0.4) is 0 Å². The zero-order valence-electron chi connectivity index (χ0n) is 14.3. The third-order valence-electron chi connectivity index (χ3n) is 3.40. The van der Waals surface area contributed by atoms with Gasteiger partial charge in [0.15, 0.2) is 0 Å². The predicted molar refractivity (Wildman–Crippen MR) is 107 cm³/mol. The molecule has 1 amide bonds. The maximum atomic E-state index is 12.5. The van der Waals surface area contributed by atoms with E-state index in [2.05, 4.69) is 5.32 Å². The molecule has 4 nitrogen and oxygen atoms in total. The van der Waals surface area contributed by atoms with Gasteiger partial charge < -0.3 is 15.0 Å². The van der Waals surface area contributed by atoms with E-state index in [0.717, 1.165) is 11.4 Å². The number of thioether (sulfide) groups is 1. The van der Waals surface area contributed by atoms with E-state index in [9.17, 15) is 4.79 Å². The summed E-state index contributed by atoms with van der Waals surface area (Å²) in [6.07, 6.45) is 1.94. The van der Waals surface area contributed by atoms with Gasteiger partial charge in [-0.25, -0.2) is 0 Å². The molecule has 2 aromatic rings. The van der Waals surface area contributed by atoms with E-state index in [1.807, 2.05) is 31.3 Å². The van der Waals surface area contributed by atoms with Crippen LogP contribution in [0.5, 0.6) is 5.75 Å². The van der Waals surface area contributed by atoms with Crippen LogP contribution in [0.2, 0.25) is 10.0 Å². The highest BCUT2D eigenvalue weighted by molar-refractivity contribution is 7.98. The van der Waals surface area contributed by atoms with Crippen LogP contribution in [-0.2, 0) is 0 Å². The molecule has 0 bridgehead atoms. The van der Waals surface area contributed by atoms with E-state index >= 15 is 0 Å². The number of hydrogen-bond acceptors (Lipinski definition) is 4. The van der Waals surface area contributed by atoms with Gasteiger partial charge in [0, 0.05) is 17.1 Å². The summed E-state index contributed by atoms with van der Waals surface area (Å²) in [7, 11) is 3.95. The minimum Gasteiger partial charge on any atom is -0.491 e. The van der Waals surface area contributed by atoms with Crippen molar-refractivity contribution in [2.45, 2.75) is 4.90 Å². The molecule has 134 valence electrons. The molecule has 0 heterocycles. The molecule has 0 saturated carbocycles. The van der Waals surface area contributed by atoms with E-state index in [1.54, 1.807) is 42.1 Å². The van der Waals surface area contributed by atoms with Crippen LogP contribution in [0.4, 0.5) is 5.69 Å². The predicted octanol–water partition coefficient (Wildman–Crippen LogP) is 4.91. The van der Waals surface area contributed by atoms with Gasteiger partial charge in [-0.3, -0.25) is 4.79 Å². The summed E-state index contributed by atoms with van der Waals surface area (Å²) in [6.45, 7) is 1.33. The van der Waals surface area contributed by atoms with Crippen molar-refractivity contribution in [2.24, 2.45) is 0 Å². The Hall–Kier alpha value is -1.40. The summed E-state index contributed by atoms with van der Waals surface area (Å²) in [5.41, 5.74) is 1.01. The molecule has 0 spiro atoms. The van der Waals surface area contributed by atoms with Crippen LogP contribution >= 0.6 is 35.0 Å². The fraction of sp³-hybridized carbons (Fsp3) is 0.278. The number of rotatable bonds is 7. The average molecular weight is 399 g/mol. The summed E-state index contributed by atoms with van der Waals surface area (Å²) in [5.74, 6) is 0.308. The molecule has 0 aromatic heterocycles. The zero-order valence-corrected chi connectivity index (χ0v) is 16.6. The molecule has 0 unspecified atom stereocenters. The molecule has 1 N–H and O–H groups in total. The molecule has 2 rings (SSSR count). The minimum absolute atomic E-state index is 0.279. The number of likely N-dealkylation sites (N-methyl/N-ethyl adjacent to an activating group) is 1. The van der Waals surface area contributed by atoms with Crippen LogP contribution < -0.4 is 10.1 Å². The monoisotopic (exact) mass is 398 g/mol. The quantitative estimate of drug-likeness (QED) is 0.672. The number of nitrogens with one attached hydrogen (secondary N) is 1. The number of carbonyl (C=O) groups excluding carboxylic acids is 1. The Balaban J connectivity index is 2.07. The maximum Gasteiger partial charge on any atom is 0.257 e. The van der Waals surface area contributed by atoms with E-state index in [0.29, 0.717) is 33.7 Å². The van der Waals surface area contributed by atoms with Gasteiger partial charge in [0.05, 0.1) is 15.6 Å². The van der Waals surface area contributed by atoms with Gasteiger partial charge in [0.25, 0.3) is 5.91 Å². The number of nitrogens with zero attached hydrogens (tertiary/aromatic N) is 1. The van der Waals surface area contributed by atoms with Crippen molar-refractivity contribution in [3.63, 3.8) is 0 Å². The first-order valence-electron chi connectivity index (χ1n) is 7.62. The minimum atomic E-state index is -0.279. The summed E-state index contributed by atoms with van der Waals surface area (Å²) in [4.78, 5) is 15.5. The maximum absolute atomic E-state index is 12.5. The van der Waals surface area contributed by atoms with Crippen LogP contribution in [-0.4, -0.2) is 44.3 Å². The van der Waals surface area contributed by atoms with Crippen molar-refractivity contribution >= 4 is 46.6 Å². The van der Waals surface area contributed by atoms with Crippen molar-refractivity contribution in [2.75, 3.05) is 38.8 Å². The van der Waals surface area contributed by atoms with Gasteiger partial charge in [0.2, 0.25) is 0 Å². The van der Waals surface area contributed by atoms with Gasteiger partial charge >= 0.3 is 0 Å². The molecule has 0 saturated heterocycles. The van der Waals surface area contributed by atoms with E-state index in [1.165, 1.54) is 0 Å². The molecule has 0 radical (unpaired) electrons. The van der Waals surface area contributed by atoms with Crippen LogP contribution in [0.15, 0.2) is 41.3 Å². The highest BCUT2D eigenvalue weighted by atomic mass is 35.5. The first kappa shape index (κ1) is 19.9. The lowest BCUT2D eigenvalue weighted by Gasteiger charge is -2.13. The molecular weight excluding hydrogens is 379 g/mol. The Morgan fingerprint density at radius 3 is 2.56 bits per heavy atom. The third kappa shape index (κ3) is 5.82. The Labute approximate surface area is 162 Å². The average Bonchev–Trinajstić information content (AvgIpc) is 2.57. The van der Waals surface area contributed by atoms with E-state index in [4.69, 9.17) is 27.9 Å².